The third-order valence-electron chi connectivity index (χ3n) is 3.73. The van der Waals surface area contributed by atoms with Crippen molar-refractivity contribution in [3.05, 3.63) is 0 Å². The number of rotatable bonds is 16. The first kappa shape index (κ1) is 28.0. The van der Waals surface area contributed by atoms with E-state index in [1.165, 1.54) is 70.6 Å². The lowest BCUT2D eigenvalue weighted by atomic mass is 10.0. The molecule has 160 valence electrons. The van der Waals surface area contributed by atoms with Crippen molar-refractivity contribution in [2.45, 2.75) is 96.8 Å². The van der Waals surface area contributed by atoms with E-state index in [0.29, 0.717) is 6.42 Å². The van der Waals surface area contributed by atoms with Gasteiger partial charge in [0, 0.05) is 0 Å². The molecular weight excluding hydrogens is 350 g/mol. The van der Waals surface area contributed by atoms with Gasteiger partial charge in [0.05, 0.1) is 34.8 Å². The van der Waals surface area contributed by atoms with E-state index in [1.54, 1.807) is 0 Å². The van der Waals surface area contributed by atoms with Crippen LogP contribution >= 0.6 is 0 Å². The fraction of sp³-hybridized carbons (Fsp3) is 1.00. The summed E-state index contributed by atoms with van der Waals surface area (Å²) in [5.41, 5.74) is 0. The van der Waals surface area contributed by atoms with E-state index in [0.717, 1.165) is 17.3 Å². The minimum atomic E-state index is -4.49. The molecule has 0 aliphatic heterocycles. The van der Waals surface area contributed by atoms with Gasteiger partial charge in [-0.25, -0.2) is 8.42 Å². The maximum Gasteiger partial charge on any atom is 0.217 e. The molecule has 5 nitrogen and oxygen atoms in total. The molecule has 0 fully saturated rings. The molecule has 0 unspecified atom stereocenters. The van der Waals surface area contributed by atoms with Gasteiger partial charge in [-0.3, -0.25) is 4.18 Å². The van der Waals surface area contributed by atoms with Gasteiger partial charge >= 0.3 is 0 Å². The van der Waals surface area contributed by atoms with E-state index < -0.39 is 10.4 Å². The summed E-state index contributed by atoms with van der Waals surface area (Å²) in [4.78, 5) is 0. The fourth-order valence-electron chi connectivity index (χ4n) is 2.46. The zero-order valence-electron chi connectivity index (χ0n) is 18.1. The van der Waals surface area contributed by atoms with Gasteiger partial charge in [0.25, 0.3) is 0 Å². The van der Waals surface area contributed by atoms with Crippen LogP contribution in [0.5, 0.6) is 0 Å². The lowest BCUT2D eigenvalue weighted by molar-refractivity contribution is -0.849. The standard InChI is InChI=1S/C16H34O4S.C4H12N/c1-2-3-4-5-6-7-8-9-10-11-12-13-14-15-16-20-21(17,18)19;1-5(2,3)4/h2-16H2,1H3,(H,17,18,19);1-4H3/q;+1/p-1. The van der Waals surface area contributed by atoms with Crippen molar-refractivity contribution in [1.29, 1.82) is 0 Å². The van der Waals surface area contributed by atoms with Crippen molar-refractivity contribution in [2.24, 2.45) is 0 Å². The molecule has 26 heavy (non-hydrogen) atoms. The summed E-state index contributed by atoms with van der Waals surface area (Å²) in [5, 5.41) is 0. The normalized spacial score (nSPS) is 11.9. The van der Waals surface area contributed by atoms with Gasteiger partial charge in [-0.05, 0) is 6.42 Å². The molecule has 0 aliphatic rings. The Morgan fingerprint density at radius 3 is 1.19 bits per heavy atom. The highest BCUT2D eigenvalue weighted by Crippen LogP contribution is 2.12. The molecule has 0 heterocycles. The highest BCUT2D eigenvalue weighted by Gasteiger charge is 1.96. The van der Waals surface area contributed by atoms with Gasteiger partial charge in [-0.2, -0.15) is 0 Å². The van der Waals surface area contributed by atoms with Crippen LogP contribution in [0.15, 0.2) is 0 Å². The van der Waals surface area contributed by atoms with Crippen LogP contribution in [0.4, 0.5) is 0 Å². The first-order valence-corrected chi connectivity index (χ1v) is 11.8. The second-order valence-corrected chi connectivity index (χ2v) is 9.56. The largest absolute Gasteiger partial charge is 0.726 e. The van der Waals surface area contributed by atoms with Crippen LogP contribution in [0.3, 0.4) is 0 Å². The lowest BCUT2D eigenvalue weighted by Gasteiger charge is -2.14. The van der Waals surface area contributed by atoms with Crippen molar-refractivity contribution in [2.75, 3.05) is 34.8 Å². The number of hydrogen-bond acceptors (Lipinski definition) is 4. The SMILES string of the molecule is CCCCCCCCCCCCCCCCOS(=O)(=O)[O-].C[N+](C)(C)C. The Bertz CT molecular complexity index is 372. The average molecular weight is 396 g/mol. The number of hydrogen-bond donors (Lipinski definition) is 0. The third kappa shape index (κ3) is 39.1. The van der Waals surface area contributed by atoms with Crippen molar-refractivity contribution >= 4 is 10.4 Å². The van der Waals surface area contributed by atoms with Crippen LogP contribution in [-0.4, -0.2) is 52.3 Å². The van der Waals surface area contributed by atoms with Gasteiger partial charge < -0.3 is 9.04 Å². The van der Waals surface area contributed by atoms with Crippen molar-refractivity contribution in [3.8, 4) is 0 Å². The van der Waals surface area contributed by atoms with E-state index in [-0.39, 0.29) is 6.61 Å². The Morgan fingerprint density at radius 1 is 0.654 bits per heavy atom. The van der Waals surface area contributed by atoms with E-state index in [9.17, 15) is 13.0 Å². The number of unbranched alkanes of at least 4 members (excludes halogenated alkanes) is 13. The zero-order chi connectivity index (χ0) is 20.3. The molecule has 0 atom stereocenters. The minimum absolute atomic E-state index is 0.0316. The molecule has 0 aromatic carbocycles. The molecule has 0 amide bonds. The molecule has 0 spiro atoms. The zero-order valence-corrected chi connectivity index (χ0v) is 18.9. The first-order valence-electron chi connectivity index (χ1n) is 10.5. The summed E-state index contributed by atoms with van der Waals surface area (Å²) in [6.45, 7) is 2.28. The van der Waals surface area contributed by atoms with Crippen LogP contribution in [0.25, 0.3) is 0 Å². The lowest BCUT2D eigenvalue weighted by Crippen LogP contribution is -2.27. The molecule has 0 bridgehead atoms. The second kappa shape index (κ2) is 18.2. The first-order chi connectivity index (χ1) is 12.1. The summed E-state index contributed by atoms with van der Waals surface area (Å²) in [7, 11) is 4.01. The van der Waals surface area contributed by atoms with Crippen molar-refractivity contribution in [1.82, 2.24) is 0 Å². The highest BCUT2D eigenvalue weighted by atomic mass is 32.3. The second-order valence-electron chi connectivity index (χ2n) is 8.51. The van der Waals surface area contributed by atoms with Crippen LogP contribution in [0.2, 0.25) is 0 Å². The Kier molecular flexibility index (Phi) is 19.6. The number of nitrogens with zero attached hydrogens (tertiary/aromatic N) is 1. The van der Waals surface area contributed by atoms with Gasteiger partial charge in [0.15, 0.2) is 0 Å². The smallest absolute Gasteiger partial charge is 0.217 e. The van der Waals surface area contributed by atoms with E-state index in [4.69, 9.17) is 0 Å². The summed E-state index contributed by atoms with van der Waals surface area (Å²) < 4.78 is 35.7. The molecule has 0 N–H and O–H groups in total. The maximum absolute atomic E-state index is 10.2. The predicted molar refractivity (Wildman–Crippen MR) is 110 cm³/mol. The number of quaternary nitrogens is 1. The summed E-state index contributed by atoms with van der Waals surface area (Å²) in [6, 6.07) is 0. The molecule has 6 heteroatoms. The molecule has 0 saturated carbocycles. The van der Waals surface area contributed by atoms with Crippen LogP contribution < -0.4 is 0 Å². The molecule has 0 rings (SSSR count). The van der Waals surface area contributed by atoms with Crippen LogP contribution in [-0.2, 0) is 14.6 Å². The molecule has 0 aliphatic carbocycles. The van der Waals surface area contributed by atoms with E-state index in [2.05, 4.69) is 39.3 Å². The summed E-state index contributed by atoms with van der Waals surface area (Å²) in [6.07, 6.45) is 17.4. The van der Waals surface area contributed by atoms with E-state index >= 15 is 0 Å². The molecular formula is C20H45NO4S. The monoisotopic (exact) mass is 395 g/mol. The predicted octanol–water partition coefficient (Wildman–Crippen LogP) is 5.27. The molecule has 0 aromatic heterocycles. The Balaban J connectivity index is 0. The topological polar surface area (TPSA) is 66.4 Å². The van der Waals surface area contributed by atoms with Crippen molar-refractivity contribution < 1.29 is 21.6 Å². The van der Waals surface area contributed by atoms with Gasteiger partial charge in [0.2, 0.25) is 10.4 Å². The third-order valence-corrected chi connectivity index (χ3v) is 4.18. The van der Waals surface area contributed by atoms with Crippen LogP contribution in [0, 0.1) is 0 Å². The maximum atomic E-state index is 10.2. The van der Waals surface area contributed by atoms with Gasteiger partial charge in [0.1, 0.15) is 0 Å². The molecule has 0 radical (unpaired) electrons. The molecule has 0 saturated heterocycles. The Labute approximate surface area is 164 Å². The van der Waals surface area contributed by atoms with E-state index in [1.807, 2.05) is 0 Å². The summed E-state index contributed by atoms with van der Waals surface area (Å²) in [5.74, 6) is 0. The minimum Gasteiger partial charge on any atom is -0.726 e. The summed E-state index contributed by atoms with van der Waals surface area (Å²) >= 11 is 0. The van der Waals surface area contributed by atoms with Gasteiger partial charge in [-0.1, -0.05) is 90.4 Å². The molecule has 0 aromatic rings. The quantitative estimate of drug-likeness (QED) is 0.155. The van der Waals surface area contributed by atoms with Crippen molar-refractivity contribution in [3.63, 3.8) is 0 Å². The average Bonchev–Trinajstić information content (AvgIpc) is 2.48. The van der Waals surface area contributed by atoms with Gasteiger partial charge in [-0.15, -0.1) is 0 Å². The van der Waals surface area contributed by atoms with Crippen LogP contribution in [0.1, 0.15) is 96.8 Å². The highest BCUT2D eigenvalue weighted by molar-refractivity contribution is 7.80. The fourth-order valence-corrected chi connectivity index (χ4v) is 2.78. The Morgan fingerprint density at radius 2 is 0.923 bits per heavy atom. The Hall–Kier alpha value is -0.170.